The van der Waals surface area contributed by atoms with E-state index in [-0.39, 0.29) is 5.54 Å². The molecule has 0 radical (unpaired) electrons. The highest BCUT2D eigenvalue weighted by molar-refractivity contribution is 9.10. The molecule has 0 amide bonds. The quantitative estimate of drug-likeness (QED) is 0.855. The van der Waals surface area contributed by atoms with Gasteiger partial charge in [-0.05, 0) is 46.5 Å². The van der Waals surface area contributed by atoms with E-state index in [4.69, 9.17) is 15.2 Å². The molecule has 0 bridgehead atoms. The molecule has 3 nitrogen and oxygen atoms in total. The number of nitrogens with two attached hydrogens (primary N) is 1. The molecule has 2 aliphatic rings. The molecule has 0 spiro atoms. The van der Waals surface area contributed by atoms with Crippen LogP contribution in [-0.2, 0) is 5.54 Å². The second kappa shape index (κ2) is 5.33. The molecule has 104 valence electrons. The monoisotopic (exact) mass is 325 g/mol. The van der Waals surface area contributed by atoms with Crippen molar-refractivity contribution in [1.82, 2.24) is 0 Å². The summed E-state index contributed by atoms with van der Waals surface area (Å²) in [4.78, 5) is 0. The Morgan fingerprint density at radius 3 is 2.53 bits per heavy atom. The smallest absolute Gasteiger partial charge is 0.175 e. The Morgan fingerprint density at radius 1 is 1.00 bits per heavy atom. The molecule has 19 heavy (non-hydrogen) atoms. The van der Waals surface area contributed by atoms with Crippen LogP contribution in [0.4, 0.5) is 0 Å². The number of hydrogen-bond acceptors (Lipinski definition) is 3. The first kappa shape index (κ1) is 13.3. The molecule has 0 unspecified atom stereocenters. The summed E-state index contributed by atoms with van der Waals surface area (Å²) in [6.07, 6.45) is 6.75. The van der Waals surface area contributed by atoms with Crippen LogP contribution in [0.2, 0.25) is 0 Å². The third-order valence-electron chi connectivity index (χ3n) is 4.12. The highest BCUT2D eigenvalue weighted by atomic mass is 79.9. The average molecular weight is 326 g/mol. The van der Waals surface area contributed by atoms with Gasteiger partial charge in [0, 0.05) is 12.0 Å². The fraction of sp³-hybridized carbons (Fsp3) is 0.600. The molecule has 3 rings (SSSR count). The maximum absolute atomic E-state index is 6.60. The lowest BCUT2D eigenvalue weighted by molar-refractivity contribution is 0.293. The van der Waals surface area contributed by atoms with Gasteiger partial charge >= 0.3 is 0 Å². The van der Waals surface area contributed by atoms with E-state index in [9.17, 15) is 0 Å². The molecule has 1 fully saturated rings. The average Bonchev–Trinajstić information content (AvgIpc) is 2.65. The third-order valence-corrected chi connectivity index (χ3v) is 4.71. The molecule has 4 heteroatoms. The first-order valence-corrected chi connectivity index (χ1v) is 7.87. The van der Waals surface area contributed by atoms with Crippen molar-refractivity contribution in [3.8, 4) is 11.5 Å². The van der Waals surface area contributed by atoms with Crippen molar-refractivity contribution in [2.45, 2.75) is 44.1 Å². The minimum Gasteiger partial charge on any atom is -0.490 e. The van der Waals surface area contributed by atoms with Crippen molar-refractivity contribution in [1.29, 1.82) is 0 Å². The van der Waals surface area contributed by atoms with Crippen LogP contribution < -0.4 is 15.2 Å². The highest BCUT2D eigenvalue weighted by Crippen LogP contribution is 2.43. The maximum atomic E-state index is 6.60. The molecule has 1 aromatic carbocycles. The molecule has 1 aromatic rings. The van der Waals surface area contributed by atoms with Gasteiger partial charge in [0.05, 0.1) is 17.7 Å². The Bertz CT molecular complexity index is 469. The number of halogens is 1. The number of hydrogen-bond donors (Lipinski definition) is 1. The van der Waals surface area contributed by atoms with Gasteiger partial charge in [-0.2, -0.15) is 0 Å². The topological polar surface area (TPSA) is 44.5 Å². The van der Waals surface area contributed by atoms with E-state index in [0.717, 1.165) is 35.2 Å². The van der Waals surface area contributed by atoms with Crippen molar-refractivity contribution in [2.75, 3.05) is 13.2 Å². The summed E-state index contributed by atoms with van der Waals surface area (Å²) in [5.41, 5.74) is 7.57. The summed E-state index contributed by atoms with van der Waals surface area (Å²) in [5.74, 6) is 1.65. The zero-order valence-corrected chi connectivity index (χ0v) is 12.7. The molecule has 0 aromatic heterocycles. The van der Waals surface area contributed by atoms with E-state index in [1.54, 1.807) is 0 Å². The van der Waals surface area contributed by atoms with Crippen LogP contribution in [0.5, 0.6) is 11.5 Å². The number of ether oxygens (including phenoxy) is 2. The van der Waals surface area contributed by atoms with Crippen molar-refractivity contribution in [2.24, 2.45) is 5.73 Å². The lowest BCUT2D eigenvalue weighted by atomic mass is 9.77. The summed E-state index contributed by atoms with van der Waals surface area (Å²) in [7, 11) is 0. The molecule has 1 aliphatic heterocycles. The van der Waals surface area contributed by atoms with E-state index in [2.05, 4.69) is 28.1 Å². The van der Waals surface area contributed by atoms with E-state index < -0.39 is 0 Å². The van der Waals surface area contributed by atoms with E-state index >= 15 is 0 Å². The van der Waals surface area contributed by atoms with Crippen LogP contribution >= 0.6 is 15.9 Å². The predicted octanol–water partition coefficient (Wildman–Crippen LogP) is 3.73. The van der Waals surface area contributed by atoms with Gasteiger partial charge in [-0.15, -0.1) is 0 Å². The van der Waals surface area contributed by atoms with Gasteiger partial charge in [0.25, 0.3) is 0 Å². The van der Waals surface area contributed by atoms with Crippen molar-refractivity contribution < 1.29 is 9.47 Å². The minimum atomic E-state index is -0.203. The largest absolute Gasteiger partial charge is 0.490 e. The standard InChI is InChI=1S/C15H20BrNO2/c16-12-9-11(15(17)5-2-1-3-6-15)10-13-14(12)19-8-4-7-18-13/h9-10H,1-8,17H2. The molecule has 1 heterocycles. The molecular weight excluding hydrogens is 306 g/mol. The highest BCUT2D eigenvalue weighted by Gasteiger charge is 2.31. The molecular formula is C15H20BrNO2. The molecule has 0 saturated heterocycles. The fourth-order valence-corrected chi connectivity index (χ4v) is 3.55. The van der Waals surface area contributed by atoms with E-state index in [0.29, 0.717) is 13.2 Å². The van der Waals surface area contributed by atoms with Gasteiger partial charge in [0.2, 0.25) is 0 Å². The third kappa shape index (κ3) is 2.61. The minimum absolute atomic E-state index is 0.203. The summed E-state index contributed by atoms with van der Waals surface area (Å²) in [5, 5.41) is 0. The van der Waals surface area contributed by atoms with Crippen molar-refractivity contribution in [3.63, 3.8) is 0 Å². The first-order chi connectivity index (χ1) is 9.19. The van der Waals surface area contributed by atoms with Crippen LogP contribution in [0, 0.1) is 0 Å². The Balaban J connectivity index is 1.98. The Labute approximate surface area is 122 Å². The van der Waals surface area contributed by atoms with Gasteiger partial charge in [0.1, 0.15) is 0 Å². The van der Waals surface area contributed by atoms with Crippen LogP contribution in [0.3, 0.4) is 0 Å². The number of rotatable bonds is 1. The van der Waals surface area contributed by atoms with Gasteiger partial charge in [-0.3, -0.25) is 0 Å². The van der Waals surface area contributed by atoms with Crippen LogP contribution in [0.25, 0.3) is 0 Å². The predicted molar refractivity (Wildman–Crippen MR) is 78.7 cm³/mol. The molecule has 1 aliphatic carbocycles. The summed E-state index contributed by atoms with van der Waals surface area (Å²) < 4.78 is 12.5. The van der Waals surface area contributed by atoms with Crippen molar-refractivity contribution in [3.05, 3.63) is 22.2 Å². The SMILES string of the molecule is NC1(c2cc(Br)c3c(c2)OCCCO3)CCCCC1. The van der Waals surface area contributed by atoms with Gasteiger partial charge in [-0.1, -0.05) is 19.3 Å². The maximum Gasteiger partial charge on any atom is 0.175 e. The summed E-state index contributed by atoms with van der Waals surface area (Å²) >= 11 is 3.60. The fourth-order valence-electron chi connectivity index (χ4n) is 2.99. The van der Waals surface area contributed by atoms with E-state index in [1.807, 2.05) is 0 Å². The lowest BCUT2D eigenvalue weighted by Gasteiger charge is -2.34. The van der Waals surface area contributed by atoms with Crippen LogP contribution in [0.1, 0.15) is 44.1 Å². The Kier molecular flexibility index (Phi) is 3.72. The van der Waals surface area contributed by atoms with Gasteiger partial charge in [0.15, 0.2) is 11.5 Å². The zero-order chi connectivity index (χ0) is 13.3. The Morgan fingerprint density at radius 2 is 1.74 bits per heavy atom. The summed E-state index contributed by atoms with van der Waals surface area (Å²) in [6, 6.07) is 4.19. The number of fused-ring (bicyclic) bond motifs is 1. The normalized spacial score (nSPS) is 21.8. The van der Waals surface area contributed by atoms with Crippen molar-refractivity contribution >= 4 is 15.9 Å². The lowest BCUT2D eigenvalue weighted by Crippen LogP contribution is -2.38. The molecule has 1 saturated carbocycles. The van der Waals surface area contributed by atoms with Crippen LogP contribution in [-0.4, -0.2) is 13.2 Å². The summed E-state index contributed by atoms with van der Waals surface area (Å²) in [6.45, 7) is 1.42. The first-order valence-electron chi connectivity index (χ1n) is 7.08. The number of benzene rings is 1. The van der Waals surface area contributed by atoms with Gasteiger partial charge in [-0.25, -0.2) is 0 Å². The molecule has 0 atom stereocenters. The van der Waals surface area contributed by atoms with Crippen LogP contribution in [0.15, 0.2) is 16.6 Å². The Hall–Kier alpha value is -0.740. The van der Waals surface area contributed by atoms with Gasteiger partial charge < -0.3 is 15.2 Å². The second-order valence-electron chi connectivity index (χ2n) is 5.55. The van der Waals surface area contributed by atoms with E-state index in [1.165, 1.54) is 24.8 Å². The second-order valence-corrected chi connectivity index (χ2v) is 6.41. The molecule has 2 N–H and O–H groups in total. The zero-order valence-electron chi connectivity index (χ0n) is 11.1.